The first kappa shape index (κ1) is 24.0. The zero-order valence-electron chi connectivity index (χ0n) is 16.0. The molecule has 30 heavy (non-hydrogen) atoms. The number of phosphoric acid groups is 1. The summed E-state index contributed by atoms with van der Waals surface area (Å²) in [5, 5.41) is 0. The van der Waals surface area contributed by atoms with Gasteiger partial charge in [0, 0.05) is 12.0 Å². The van der Waals surface area contributed by atoms with Gasteiger partial charge in [-0.05, 0) is 49.6 Å². The Kier molecular flexibility index (Phi) is 7.75. The molecule has 0 aliphatic rings. The summed E-state index contributed by atoms with van der Waals surface area (Å²) in [7, 11) is -4.59. The van der Waals surface area contributed by atoms with Crippen molar-refractivity contribution in [1.82, 2.24) is 0 Å². The Morgan fingerprint density at radius 2 is 1.97 bits per heavy atom. The second-order valence-electron chi connectivity index (χ2n) is 6.80. The van der Waals surface area contributed by atoms with E-state index < -0.39 is 25.1 Å². The van der Waals surface area contributed by atoms with Crippen LogP contribution in [0.15, 0.2) is 40.8 Å². The molecule has 164 valence electrons. The molecular weight excluding hydrogens is 426 g/mol. The fourth-order valence-corrected chi connectivity index (χ4v) is 2.76. The molecule has 1 aromatic carbocycles. The standard InChI is InChI=1S/C19H21F3NO6P/c1-18(23,13-28-30(24,25)26)10-9-16-8-7-15(29-16)6-3-11-27-17-5-2-4-14(12-17)19(20,21)22/h2,4-5,7-8,12H,9-11,13,23H2,1H3,(H2,24,25,26). The molecule has 7 nitrogen and oxygen atoms in total. The number of furan rings is 1. The Morgan fingerprint density at radius 3 is 2.63 bits per heavy atom. The molecule has 0 saturated carbocycles. The van der Waals surface area contributed by atoms with E-state index in [1.54, 1.807) is 19.1 Å². The topological polar surface area (TPSA) is 115 Å². The lowest BCUT2D eigenvalue weighted by Gasteiger charge is -2.23. The van der Waals surface area contributed by atoms with Gasteiger partial charge in [-0.25, -0.2) is 4.57 Å². The molecule has 0 amide bonds. The molecule has 0 radical (unpaired) electrons. The highest BCUT2D eigenvalue weighted by Crippen LogP contribution is 2.37. The molecule has 1 unspecified atom stereocenters. The van der Waals surface area contributed by atoms with Crippen LogP contribution < -0.4 is 10.5 Å². The largest absolute Gasteiger partial charge is 0.481 e. The van der Waals surface area contributed by atoms with E-state index in [-0.39, 0.29) is 19.0 Å². The molecule has 0 fully saturated rings. The maximum Gasteiger partial charge on any atom is 0.469 e. The van der Waals surface area contributed by atoms with Crippen molar-refractivity contribution in [3.63, 3.8) is 0 Å². The van der Waals surface area contributed by atoms with E-state index in [1.165, 1.54) is 12.1 Å². The minimum absolute atomic E-state index is 0.0546. The van der Waals surface area contributed by atoms with E-state index >= 15 is 0 Å². The van der Waals surface area contributed by atoms with Crippen molar-refractivity contribution >= 4 is 7.82 Å². The van der Waals surface area contributed by atoms with E-state index in [9.17, 15) is 17.7 Å². The summed E-state index contributed by atoms with van der Waals surface area (Å²) in [5.74, 6) is 6.30. The third-order valence-corrected chi connectivity index (χ3v) is 4.32. The molecule has 2 rings (SSSR count). The molecule has 0 saturated heterocycles. The van der Waals surface area contributed by atoms with Gasteiger partial charge >= 0.3 is 14.0 Å². The van der Waals surface area contributed by atoms with Gasteiger partial charge in [-0.1, -0.05) is 12.0 Å². The third-order valence-electron chi connectivity index (χ3n) is 3.85. The highest BCUT2D eigenvalue weighted by Gasteiger charge is 2.30. The maximum absolute atomic E-state index is 12.7. The maximum atomic E-state index is 12.7. The Hall–Kier alpha value is -2.28. The Morgan fingerprint density at radius 1 is 1.23 bits per heavy atom. The lowest BCUT2D eigenvalue weighted by molar-refractivity contribution is -0.137. The number of ether oxygens (including phenoxy) is 1. The Bertz CT molecular complexity index is 955. The molecule has 1 aromatic heterocycles. The van der Waals surface area contributed by atoms with Gasteiger partial charge in [0.2, 0.25) is 0 Å². The summed E-state index contributed by atoms with van der Waals surface area (Å²) < 4.78 is 63.9. The smallest absolute Gasteiger partial charge is 0.469 e. The van der Waals surface area contributed by atoms with Crippen molar-refractivity contribution in [3.05, 3.63) is 53.5 Å². The number of nitrogens with two attached hydrogens (primary N) is 1. The summed E-state index contributed by atoms with van der Waals surface area (Å²) in [5.41, 5.74) is 4.17. The third kappa shape index (κ3) is 8.61. The van der Waals surface area contributed by atoms with Crippen molar-refractivity contribution in [2.45, 2.75) is 31.5 Å². The van der Waals surface area contributed by atoms with Crippen LogP contribution >= 0.6 is 7.82 Å². The number of rotatable bonds is 8. The van der Waals surface area contributed by atoms with Crippen LogP contribution in [0.3, 0.4) is 0 Å². The van der Waals surface area contributed by atoms with Gasteiger partial charge in [-0.2, -0.15) is 13.2 Å². The molecule has 4 N–H and O–H groups in total. The molecule has 11 heteroatoms. The minimum atomic E-state index is -4.59. The van der Waals surface area contributed by atoms with Crippen LogP contribution in [-0.2, 0) is 21.7 Å². The van der Waals surface area contributed by atoms with Crippen molar-refractivity contribution < 1.29 is 41.2 Å². The summed E-state index contributed by atoms with van der Waals surface area (Å²) in [4.78, 5) is 17.5. The molecule has 0 bridgehead atoms. The van der Waals surface area contributed by atoms with Gasteiger partial charge in [0.15, 0.2) is 5.76 Å². The lowest BCUT2D eigenvalue weighted by atomic mass is 9.98. The van der Waals surface area contributed by atoms with Crippen molar-refractivity contribution in [1.29, 1.82) is 0 Å². The van der Waals surface area contributed by atoms with E-state index in [0.717, 1.165) is 12.1 Å². The first-order valence-electron chi connectivity index (χ1n) is 8.71. The highest BCUT2D eigenvalue weighted by atomic mass is 31.2. The van der Waals surface area contributed by atoms with Gasteiger partial charge in [0.25, 0.3) is 0 Å². The van der Waals surface area contributed by atoms with E-state index in [4.69, 9.17) is 24.7 Å². The minimum Gasteiger partial charge on any atom is -0.481 e. The summed E-state index contributed by atoms with van der Waals surface area (Å²) in [6, 6.07) is 7.80. The predicted octanol–water partition coefficient (Wildman–Crippen LogP) is 3.49. The van der Waals surface area contributed by atoms with Gasteiger partial charge in [0.1, 0.15) is 18.1 Å². The normalized spacial score (nSPS) is 14.0. The van der Waals surface area contributed by atoms with Crippen LogP contribution in [0.2, 0.25) is 0 Å². The van der Waals surface area contributed by atoms with Gasteiger partial charge in [-0.15, -0.1) is 0 Å². The zero-order valence-corrected chi connectivity index (χ0v) is 16.9. The summed E-state index contributed by atoms with van der Waals surface area (Å²) >= 11 is 0. The van der Waals surface area contributed by atoms with Crippen LogP contribution in [0.5, 0.6) is 5.75 Å². The molecule has 2 aromatic rings. The van der Waals surface area contributed by atoms with Crippen LogP contribution in [0.4, 0.5) is 13.2 Å². The van der Waals surface area contributed by atoms with Crippen molar-refractivity contribution in [2.24, 2.45) is 5.73 Å². The van der Waals surface area contributed by atoms with Crippen LogP contribution in [-0.4, -0.2) is 28.5 Å². The summed E-state index contributed by atoms with van der Waals surface area (Å²) in [6.45, 7) is 1.15. The van der Waals surface area contributed by atoms with E-state index in [1.807, 2.05) is 0 Å². The number of hydrogen-bond donors (Lipinski definition) is 3. The van der Waals surface area contributed by atoms with Gasteiger partial charge in [0.05, 0.1) is 12.2 Å². The average molecular weight is 447 g/mol. The Balaban J connectivity index is 1.84. The number of benzene rings is 1. The van der Waals surface area contributed by atoms with Gasteiger partial charge < -0.3 is 24.7 Å². The van der Waals surface area contributed by atoms with Crippen LogP contribution in [0.25, 0.3) is 0 Å². The molecule has 1 heterocycles. The summed E-state index contributed by atoms with van der Waals surface area (Å²) in [6.07, 6.45) is -3.72. The quantitative estimate of drug-likeness (QED) is 0.419. The number of phosphoric ester groups is 1. The highest BCUT2D eigenvalue weighted by molar-refractivity contribution is 7.46. The van der Waals surface area contributed by atoms with Gasteiger partial charge in [-0.3, -0.25) is 4.52 Å². The zero-order chi connectivity index (χ0) is 22.4. The monoisotopic (exact) mass is 447 g/mol. The Labute approximate surface area is 171 Å². The van der Waals surface area contributed by atoms with Crippen LogP contribution in [0.1, 0.15) is 30.4 Å². The number of alkyl halides is 3. The molecular formula is C19H21F3NO6P. The molecule has 0 aliphatic heterocycles. The fraction of sp³-hybridized carbons (Fsp3) is 0.368. The predicted molar refractivity (Wildman–Crippen MR) is 101 cm³/mol. The van der Waals surface area contributed by atoms with Crippen LogP contribution in [0, 0.1) is 11.8 Å². The second kappa shape index (κ2) is 9.69. The van der Waals surface area contributed by atoms with Crippen molar-refractivity contribution in [2.75, 3.05) is 13.2 Å². The average Bonchev–Trinajstić information content (AvgIpc) is 3.09. The molecule has 0 aliphatic carbocycles. The van der Waals surface area contributed by atoms with E-state index in [0.29, 0.717) is 24.4 Å². The number of aryl methyl sites for hydroxylation is 1. The van der Waals surface area contributed by atoms with Crippen molar-refractivity contribution in [3.8, 4) is 17.6 Å². The number of hydrogen-bond acceptors (Lipinski definition) is 5. The lowest BCUT2D eigenvalue weighted by Crippen LogP contribution is -2.41. The fourth-order valence-electron chi connectivity index (χ4n) is 2.30. The molecule has 0 spiro atoms. The first-order valence-corrected chi connectivity index (χ1v) is 10.2. The molecule has 1 atom stereocenters. The van der Waals surface area contributed by atoms with E-state index in [2.05, 4.69) is 16.4 Å². The number of halogens is 3. The SMILES string of the molecule is CC(N)(CCc1ccc(C#CCOc2cccc(C(F)(F)F)c2)o1)COP(=O)(O)O. The first-order chi connectivity index (χ1) is 13.8. The second-order valence-corrected chi connectivity index (χ2v) is 8.04.